The van der Waals surface area contributed by atoms with Gasteiger partial charge < -0.3 is 5.11 Å². The van der Waals surface area contributed by atoms with E-state index in [1.54, 1.807) is 0 Å². The lowest BCUT2D eigenvalue weighted by Gasteiger charge is -2.39. The summed E-state index contributed by atoms with van der Waals surface area (Å²) >= 11 is 0. The van der Waals surface area contributed by atoms with Crippen LogP contribution in [0.25, 0.3) is 0 Å². The maximum atomic E-state index is 10.7. The molecule has 16 heavy (non-hydrogen) atoms. The van der Waals surface area contributed by atoms with Crippen molar-refractivity contribution in [3.8, 4) is 0 Å². The summed E-state index contributed by atoms with van der Waals surface area (Å²) in [5, 5.41) is 8.83. The van der Waals surface area contributed by atoms with E-state index in [4.69, 9.17) is 5.11 Å². The number of rotatable bonds is 4. The van der Waals surface area contributed by atoms with Crippen molar-refractivity contribution in [3.63, 3.8) is 0 Å². The summed E-state index contributed by atoms with van der Waals surface area (Å²) in [5.41, 5.74) is 0. The number of carboxylic acid groups (broad SMARTS) is 1. The third-order valence-electron chi connectivity index (χ3n) is 5.39. The van der Waals surface area contributed by atoms with Gasteiger partial charge in [-0.15, -0.1) is 0 Å². The summed E-state index contributed by atoms with van der Waals surface area (Å²) in [7, 11) is 0. The fraction of sp³-hybridized carbons (Fsp3) is 0.929. The lowest BCUT2D eigenvalue weighted by atomic mass is 9.65. The molecule has 90 valence electrons. The van der Waals surface area contributed by atoms with Gasteiger partial charge in [-0.1, -0.05) is 19.3 Å². The van der Waals surface area contributed by atoms with E-state index in [1.165, 1.54) is 44.9 Å². The second-order valence-electron chi connectivity index (χ2n) is 6.39. The predicted octanol–water partition coefficient (Wildman–Crippen LogP) is 3.31. The van der Waals surface area contributed by atoms with Crippen LogP contribution in [0.1, 0.15) is 51.4 Å². The Hall–Kier alpha value is -0.530. The van der Waals surface area contributed by atoms with Crippen LogP contribution in [0.4, 0.5) is 0 Å². The van der Waals surface area contributed by atoms with Crippen LogP contribution in [-0.4, -0.2) is 11.1 Å². The highest BCUT2D eigenvalue weighted by Crippen LogP contribution is 2.56. The van der Waals surface area contributed by atoms with E-state index in [-0.39, 0.29) is 0 Å². The van der Waals surface area contributed by atoms with Crippen LogP contribution in [0.3, 0.4) is 0 Å². The zero-order valence-corrected chi connectivity index (χ0v) is 9.90. The van der Waals surface area contributed by atoms with Gasteiger partial charge >= 0.3 is 5.97 Å². The number of carboxylic acids is 1. The summed E-state index contributed by atoms with van der Waals surface area (Å²) in [6.07, 6.45) is 10.2. The third-order valence-corrected chi connectivity index (χ3v) is 5.39. The maximum Gasteiger partial charge on any atom is 0.303 e. The molecule has 0 radical (unpaired) electrons. The van der Waals surface area contributed by atoms with Gasteiger partial charge in [-0.3, -0.25) is 4.79 Å². The summed E-state index contributed by atoms with van der Waals surface area (Å²) in [5.74, 6) is 3.58. The molecule has 4 atom stereocenters. The molecule has 0 aromatic carbocycles. The Balaban J connectivity index is 1.47. The Morgan fingerprint density at radius 3 is 2.56 bits per heavy atom. The summed E-state index contributed by atoms with van der Waals surface area (Å²) < 4.78 is 0. The van der Waals surface area contributed by atoms with Crippen molar-refractivity contribution in [1.29, 1.82) is 0 Å². The lowest BCUT2D eigenvalue weighted by molar-refractivity contribution is -0.140. The Labute approximate surface area is 97.4 Å². The fourth-order valence-corrected chi connectivity index (χ4v) is 4.34. The van der Waals surface area contributed by atoms with E-state index in [0.29, 0.717) is 12.3 Å². The molecule has 3 fully saturated rings. The first-order valence-corrected chi connectivity index (χ1v) is 6.94. The minimum Gasteiger partial charge on any atom is -0.481 e. The Morgan fingerprint density at radius 1 is 1.12 bits per heavy atom. The largest absolute Gasteiger partial charge is 0.481 e. The van der Waals surface area contributed by atoms with Gasteiger partial charge in [0.15, 0.2) is 0 Å². The molecule has 3 saturated carbocycles. The SMILES string of the molecule is O=C(O)C[C@H]1C[C@H]2C[C@@H](CC3CCC3)CC21. The summed E-state index contributed by atoms with van der Waals surface area (Å²) in [6, 6.07) is 0. The van der Waals surface area contributed by atoms with E-state index in [0.717, 1.165) is 23.7 Å². The number of hydrogen-bond acceptors (Lipinski definition) is 1. The van der Waals surface area contributed by atoms with E-state index in [9.17, 15) is 4.79 Å². The van der Waals surface area contributed by atoms with Gasteiger partial charge in [0, 0.05) is 6.42 Å². The van der Waals surface area contributed by atoms with Crippen LogP contribution < -0.4 is 0 Å². The van der Waals surface area contributed by atoms with Crippen molar-refractivity contribution in [2.45, 2.75) is 51.4 Å². The van der Waals surface area contributed by atoms with Crippen molar-refractivity contribution < 1.29 is 9.90 Å². The van der Waals surface area contributed by atoms with Gasteiger partial charge in [-0.25, -0.2) is 0 Å². The average Bonchev–Trinajstić information content (AvgIpc) is 2.46. The average molecular weight is 222 g/mol. The van der Waals surface area contributed by atoms with Gasteiger partial charge in [0.25, 0.3) is 0 Å². The molecule has 0 aromatic heterocycles. The van der Waals surface area contributed by atoms with E-state index >= 15 is 0 Å². The minimum absolute atomic E-state index is 0.428. The van der Waals surface area contributed by atoms with Crippen LogP contribution in [0.15, 0.2) is 0 Å². The van der Waals surface area contributed by atoms with Crippen LogP contribution in [0.5, 0.6) is 0 Å². The van der Waals surface area contributed by atoms with E-state index in [1.807, 2.05) is 0 Å². The molecule has 3 aliphatic rings. The van der Waals surface area contributed by atoms with E-state index < -0.39 is 5.97 Å². The first-order valence-electron chi connectivity index (χ1n) is 6.94. The number of aliphatic carboxylic acids is 1. The Morgan fingerprint density at radius 2 is 1.94 bits per heavy atom. The highest BCUT2D eigenvalue weighted by Gasteiger charge is 2.48. The number of fused-ring (bicyclic) bond motifs is 1. The topological polar surface area (TPSA) is 37.3 Å². The zero-order chi connectivity index (χ0) is 11.1. The maximum absolute atomic E-state index is 10.7. The van der Waals surface area contributed by atoms with Crippen LogP contribution >= 0.6 is 0 Å². The molecular formula is C14H22O2. The molecule has 0 spiro atoms. The van der Waals surface area contributed by atoms with Crippen molar-refractivity contribution in [2.75, 3.05) is 0 Å². The molecule has 1 N–H and O–H groups in total. The van der Waals surface area contributed by atoms with Crippen LogP contribution in [-0.2, 0) is 4.79 Å². The van der Waals surface area contributed by atoms with Gasteiger partial charge in [0.05, 0.1) is 0 Å². The normalized spacial score (nSPS) is 42.2. The molecule has 3 rings (SSSR count). The second kappa shape index (κ2) is 4.05. The quantitative estimate of drug-likeness (QED) is 0.792. The minimum atomic E-state index is -0.592. The van der Waals surface area contributed by atoms with Crippen molar-refractivity contribution in [2.24, 2.45) is 29.6 Å². The first-order chi connectivity index (χ1) is 7.72. The highest BCUT2D eigenvalue weighted by molar-refractivity contribution is 5.67. The molecule has 0 saturated heterocycles. The van der Waals surface area contributed by atoms with E-state index in [2.05, 4.69) is 0 Å². The fourth-order valence-electron chi connectivity index (χ4n) is 4.34. The second-order valence-corrected chi connectivity index (χ2v) is 6.39. The standard InChI is InChI=1S/C14H22O2/c15-14(16)8-12-7-11-5-10(6-13(11)12)4-9-2-1-3-9/h9-13H,1-8H2,(H,15,16)/t10-,11-,12-,13?/m1/s1. The molecule has 0 bridgehead atoms. The summed E-state index contributed by atoms with van der Waals surface area (Å²) in [6.45, 7) is 0. The molecule has 0 aromatic rings. The van der Waals surface area contributed by atoms with Gasteiger partial charge in [-0.2, -0.15) is 0 Å². The summed E-state index contributed by atoms with van der Waals surface area (Å²) in [4.78, 5) is 10.7. The monoisotopic (exact) mass is 222 g/mol. The van der Waals surface area contributed by atoms with Crippen molar-refractivity contribution >= 4 is 5.97 Å². The lowest BCUT2D eigenvalue weighted by Crippen LogP contribution is -2.33. The number of hydrogen-bond donors (Lipinski definition) is 1. The molecular weight excluding hydrogens is 200 g/mol. The molecule has 1 unspecified atom stereocenters. The highest BCUT2D eigenvalue weighted by atomic mass is 16.4. The molecule has 0 heterocycles. The Kier molecular flexibility index (Phi) is 2.68. The third kappa shape index (κ3) is 1.87. The van der Waals surface area contributed by atoms with Gasteiger partial charge in [-0.05, 0) is 55.3 Å². The van der Waals surface area contributed by atoms with Crippen molar-refractivity contribution in [3.05, 3.63) is 0 Å². The van der Waals surface area contributed by atoms with Gasteiger partial charge in [0.1, 0.15) is 0 Å². The molecule has 3 aliphatic carbocycles. The van der Waals surface area contributed by atoms with Gasteiger partial charge in [0.2, 0.25) is 0 Å². The number of carbonyl (C=O) groups is 1. The molecule has 2 heteroatoms. The first kappa shape index (κ1) is 10.6. The van der Waals surface area contributed by atoms with Crippen LogP contribution in [0.2, 0.25) is 0 Å². The Bertz CT molecular complexity index is 282. The molecule has 2 nitrogen and oxygen atoms in total. The van der Waals surface area contributed by atoms with Crippen LogP contribution in [0, 0.1) is 29.6 Å². The zero-order valence-electron chi connectivity index (χ0n) is 9.90. The molecule has 0 amide bonds. The smallest absolute Gasteiger partial charge is 0.303 e. The van der Waals surface area contributed by atoms with Crippen molar-refractivity contribution in [1.82, 2.24) is 0 Å². The molecule has 0 aliphatic heterocycles. The predicted molar refractivity (Wildman–Crippen MR) is 62.0 cm³/mol.